The van der Waals surface area contributed by atoms with Crippen LogP contribution in [0.5, 0.6) is 5.75 Å². The van der Waals surface area contributed by atoms with E-state index >= 15 is 0 Å². The minimum Gasteiger partial charge on any atom is -0.492 e. The summed E-state index contributed by atoms with van der Waals surface area (Å²) in [6.07, 6.45) is 0.189. The molecule has 1 saturated heterocycles. The lowest BCUT2D eigenvalue weighted by molar-refractivity contribution is -0.139. The lowest BCUT2D eigenvalue weighted by atomic mass is 10.0. The molecule has 2 unspecified atom stereocenters. The number of piperidine rings is 1. The number of likely N-dealkylation sites (tertiary alicyclic amines) is 1. The summed E-state index contributed by atoms with van der Waals surface area (Å²) in [5.74, 6) is -0.255. The average molecular weight is 423 g/mol. The van der Waals surface area contributed by atoms with Crippen LogP contribution in [0.2, 0.25) is 0 Å². The zero-order chi connectivity index (χ0) is 21.8. The Morgan fingerprint density at radius 2 is 1.97 bits per heavy atom. The van der Waals surface area contributed by atoms with Crippen LogP contribution in [0.1, 0.15) is 11.1 Å². The Labute approximate surface area is 181 Å². The van der Waals surface area contributed by atoms with E-state index < -0.39 is 11.9 Å². The summed E-state index contributed by atoms with van der Waals surface area (Å²) < 4.78 is 19.1. The third kappa shape index (κ3) is 5.40. The van der Waals surface area contributed by atoms with E-state index in [2.05, 4.69) is 10.2 Å². The molecule has 2 aliphatic rings. The van der Waals surface area contributed by atoms with Crippen LogP contribution in [0, 0.1) is 34.9 Å². The first-order chi connectivity index (χ1) is 15.0. The van der Waals surface area contributed by atoms with Gasteiger partial charge in [0.1, 0.15) is 24.1 Å². The van der Waals surface area contributed by atoms with Crippen molar-refractivity contribution in [3.63, 3.8) is 0 Å². The van der Waals surface area contributed by atoms with Crippen molar-refractivity contribution in [1.82, 2.24) is 10.2 Å². The Morgan fingerprint density at radius 3 is 2.61 bits per heavy atom. The Kier molecular flexibility index (Phi) is 6.50. The highest BCUT2D eigenvalue weighted by Gasteiger charge is 2.55. The molecule has 2 N–H and O–H groups in total. The zero-order valence-electron chi connectivity index (χ0n) is 17.2. The summed E-state index contributed by atoms with van der Waals surface area (Å²) >= 11 is 0. The molecule has 1 aliphatic heterocycles. The fourth-order valence-electron chi connectivity index (χ4n) is 4.48. The van der Waals surface area contributed by atoms with E-state index in [9.17, 15) is 9.18 Å². The lowest BCUT2D eigenvalue weighted by Crippen LogP contribution is -2.33. The van der Waals surface area contributed by atoms with Crippen LogP contribution in [0.25, 0.3) is 0 Å². The summed E-state index contributed by atoms with van der Waals surface area (Å²) in [4.78, 5) is 13.3. The number of halogens is 1. The molecule has 0 aromatic heterocycles. The molecule has 0 bridgehead atoms. The zero-order valence-corrected chi connectivity index (χ0v) is 17.2. The van der Waals surface area contributed by atoms with Crippen molar-refractivity contribution < 1.29 is 19.0 Å². The van der Waals surface area contributed by atoms with Crippen molar-refractivity contribution in [3.8, 4) is 11.8 Å². The van der Waals surface area contributed by atoms with Gasteiger partial charge < -0.3 is 15.2 Å². The topological polar surface area (TPSA) is 85.6 Å². The second kappa shape index (κ2) is 9.46. The molecule has 0 spiro atoms. The second-order valence-electron chi connectivity index (χ2n) is 8.35. The highest BCUT2D eigenvalue weighted by Crippen LogP contribution is 2.45. The first kappa shape index (κ1) is 21.3. The number of ether oxygens (including phenoxy) is 1. The number of carboxylic acids is 1. The Bertz CT molecular complexity index is 947. The molecule has 2 aromatic rings. The summed E-state index contributed by atoms with van der Waals surface area (Å²) in [5.41, 5.74) is 1.82. The molecular weight excluding hydrogens is 397 g/mol. The number of fused-ring (bicyclic) bond motifs is 1. The van der Waals surface area contributed by atoms with E-state index in [-0.39, 0.29) is 12.2 Å². The van der Waals surface area contributed by atoms with Crippen LogP contribution < -0.4 is 10.1 Å². The van der Waals surface area contributed by atoms with Crippen LogP contribution in [0.3, 0.4) is 0 Å². The van der Waals surface area contributed by atoms with Crippen LogP contribution in [-0.4, -0.2) is 48.3 Å². The molecular formula is C24H26FN3O3. The third-order valence-electron chi connectivity index (χ3n) is 6.13. The van der Waals surface area contributed by atoms with Gasteiger partial charge in [0, 0.05) is 32.2 Å². The van der Waals surface area contributed by atoms with E-state index in [0.717, 1.165) is 43.1 Å². The number of nitrogens with zero attached hydrogens (tertiary/aromatic N) is 2. The van der Waals surface area contributed by atoms with Gasteiger partial charge in [0.2, 0.25) is 0 Å². The number of nitrogens with one attached hydrogen (secondary N) is 1. The van der Waals surface area contributed by atoms with Crippen molar-refractivity contribution in [1.29, 1.82) is 5.26 Å². The van der Waals surface area contributed by atoms with Crippen LogP contribution >= 0.6 is 0 Å². The Balaban J connectivity index is 1.12. The van der Waals surface area contributed by atoms with E-state index in [4.69, 9.17) is 15.1 Å². The minimum atomic E-state index is -1.10. The summed E-state index contributed by atoms with van der Waals surface area (Å²) in [5, 5.41) is 21.4. The van der Waals surface area contributed by atoms with Gasteiger partial charge in [-0.05, 0) is 53.6 Å². The summed E-state index contributed by atoms with van der Waals surface area (Å²) in [7, 11) is 0. The quantitative estimate of drug-likeness (QED) is 0.572. The van der Waals surface area contributed by atoms with Gasteiger partial charge >= 0.3 is 5.97 Å². The maximum absolute atomic E-state index is 13.3. The standard InChI is InChI=1S/C24H26FN3O3/c25-19-3-1-2-17(11-19)13-28-14-21-22(15-28)23(21)27-8-9-31-20-6-4-16(5-7-20)10-18(12-26)24(29)30/h1-7,11,18,21-23,27H,8-10,13-15H2,(H,29,30)/t18-,21?,22?,23?/m0/s1. The van der Waals surface area contributed by atoms with E-state index in [1.165, 1.54) is 6.07 Å². The predicted octanol–water partition coefficient (Wildman–Crippen LogP) is 2.69. The fourth-order valence-corrected chi connectivity index (χ4v) is 4.48. The number of hydrogen-bond donors (Lipinski definition) is 2. The molecule has 0 radical (unpaired) electrons. The molecule has 2 fully saturated rings. The third-order valence-corrected chi connectivity index (χ3v) is 6.13. The Hall–Kier alpha value is -2.95. The van der Waals surface area contributed by atoms with E-state index in [0.29, 0.717) is 24.5 Å². The predicted molar refractivity (Wildman–Crippen MR) is 113 cm³/mol. The van der Waals surface area contributed by atoms with E-state index in [1.807, 2.05) is 18.2 Å². The highest BCUT2D eigenvalue weighted by molar-refractivity contribution is 5.73. The summed E-state index contributed by atoms with van der Waals surface area (Å²) in [6, 6.07) is 16.4. The maximum atomic E-state index is 13.3. The average Bonchev–Trinajstić information content (AvgIpc) is 3.20. The van der Waals surface area contributed by atoms with E-state index in [1.54, 1.807) is 30.3 Å². The van der Waals surface area contributed by atoms with Crippen LogP contribution in [-0.2, 0) is 17.8 Å². The van der Waals surface area contributed by atoms with Gasteiger partial charge in [-0.1, -0.05) is 24.3 Å². The molecule has 1 saturated carbocycles. The largest absolute Gasteiger partial charge is 0.492 e. The fraction of sp³-hybridized carbons (Fsp3) is 0.417. The second-order valence-corrected chi connectivity index (χ2v) is 8.35. The number of carboxylic acid groups (broad SMARTS) is 1. The van der Waals surface area contributed by atoms with Crippen molar-refractivity contribution in [2.24, 2.45) is 17.8 Å². The van der Waals surface area contributed by atoms with Crippen molar-refractivity contribution in [2.45, 2.75) is 19.0 Å². The molecule has 6 nitrogen and oxygen atoms in total. The first-order valence-electron chi connectivity index (χ1n) is 10.6. The number of rotatable bonds is 10. The number of aliphatic carboxylic acids is 1. The number of nitriles is 1. The van der Waals surface area contributed by atoms with Gasteiger partial charge in [0.05, 0.1) is 6.07 Å². The molecule has 7 heteroatoms. The van der Waals surface area contributed by atoms with Crippen molar-refractivity contribution in [3.05, 3.63) is 65.5 Å². The molecule has 1 heterocycles. The van der Waals surface area contributed by atoms with Crippen LogP contribution in [0.15, 0.2) is 48.5 Å². The number of hydrogen-bond acceptors (Lipinski definition) is 5. The first-order valence-corrected chi connectivity index (χ1v) is 10.6. The molecule has 0 amide bonds. The van der Waals surface area contributed by atoms with Gasteiger partial charge in [0.15, 0.2) is 0 Å². The smallest absolute Gasteiger partial charge is 0.321 e. The normalized spacial score (nSPS) is 23.0. The molecule has 31 heavy (non-hydrogen) atoms. The maximum Gasteiger partial charge on any atom is 0.321 e. The Morgan fingerprint density at radius 1 is 1.23 bits per heavy atom. The van der Waals surface area contributed by atoms with Gasteiger partial charge in [-0.25, -0.2) is 4.39 Å². The summed E-state index contributed by atoms with van der Waals surface area (Å²) in [6.45, 7) is 4.21. The van der Waals surface area contributed by atoms with Gasteiger partial charge in [-0.15, -0.1) is 0 Å². The van der Waals surface area contributed by atoms with Gasteiger partial charge in [-0.2, -0.15) is 5.26 Å². The van der Waals surface area contributed by atoms with Gasteiger partial charge in [-0.3, -0.25) is 9.69 Å². The monoisotopic (exact) mass is 423 g/mol. The van der Waals surface area contributed by atoms with Gasteiger partial charge in [0.25, 0.3) is 0 Å². The molecule has 4 rings (SSSR count). The highest BCUT2D eigenvalue weighted by atomic mass is 19.1. The number of benzene rings is 2. The van der Waals surface area contributed by atoms with Crippen LogP contribution in [0.4, 0.5) is 4.39 Å². The van der Waals surface area contributed by atoms with Crippen molar-refractivity contribution in [2.75, 3.05) is 26.2 Å². The molecule has 3 atom stereocenters. The number of carbonyl (C=O) groups is 1. The molecule has 2 aromatic carbocycles. The lowest BCUT2D eigenvalue weighted by Gasteiger charge is -2.20. The van der Waals surface area contributed by atoms with Crippen molar-refractivity contribution >= 4 is 5.97 Å². The molecule has 1 aliphatic carbocycles. The minimum absolute atomic E-state index is 0.178. The SMILES string of the molecule is N#C[C@H](Cc1ccc(OCCNC2C3CN(Cc4cccc(F)c4)CC32)cc1)C(=O)O. The molecule has 162 valence electrons.